The van der Waals surface area contributed by atoms with Gasteiger partial charge in [-0.05, 0) is 66.1 Å². The van der Waals surface area contributed by atoms with Gasteiger partial charge < -0.3 is 5.32 Å². The number of hydrogen-bond acceptors (Lipinski definition) is 1. The second-order valence-electron chi connectivity index (χ2n) is 3.81. The number of hydrogen-bond donors (Lipinski definition) is 1. The molecule has 0 radical (unpaired) electrons. The van der Waals surface area contributed by atoms with E-state index in [-0.39, 0.29) is 5.82 Å². The maximum atomic E-state index is 13.3. The molecule has 1 aromatic carbocycles. The summed E-state index contributed by atoms with van der Waals surface area (Å²) in [5, 5.41) is 3.29. The highest BCUT2D eigenvalue weighted by Gasteiger charge is 2.20. The average Bonchev–Trinajstić information content (AvgIpc) is 2.95. The second kappa shape index (κ2) is 4.57. The SMILES string of the molecule is Fc1ccc(I)cc1CNCC1CC1. The Kier molecular flexibility index (Phi) is 3.38. The first-order valence-corrected chi connectivity index (χ1v) is 5.98. The van der Waals surface area contributed by atoms with Gasteiger partial charge in [0.05, 0.1) is 0 Å². The third-order valence-electron chi connectivity index (χ3n) is 2.45. The lowest BCUT2D eigenvalue weighted by Gasteiger charge is -2.05. The third-order valence-corrected chi connectivity index (χ3v) is 3.12. The number of benzene rings is 1. The normalized spacial score (nSPS) is 15.9. The zero-order valence-electron chi connectivity index (χ0n) is 7.89. The molecule has 0 spiro atoms. The van der Waals surface area contributed by atoms with Crippen LogP contribution in [0, 0.1) is 15.3 Å². The molecule has 0 aliphatic heterocycles. The minimum atomic E-state index is -0.103. The summed E-state index contributed by atoms with van der Waals surface area (Å²) in [6.07, 6.45) is 2.67. The zero-order valence-corrected chi connectivity index (χ0v) is 10.1. The highest BCUT2D eigenvalue weighted by molar-refractivity contribution is 14.1. The predicted molar refractivity (Wildman–Crippen MR) is 63.5 cm³/mol. The summed E-state index contributed by atoms with van der Waals surface area (Å²) < 4.78 is 14.4. The first kappa shape index (κ1) is 10.4. The Morgan fingerprint density at radius 1 is 1.43 bits per heavy atom. The van der Waals surface area contributed by atoms with Crippen LogP contribution in [0.15, 0.2) is 18.2 Å². The van der Waals surface area contributed by atoms with Crippen LogP contribution in [0.25, 0.3) is 0 Å². The van der Waals surface area contributed by atoms with Crippen molar-refractivity contribution in [2.24, 2.45) is 5.92 Å². The summed E-state index contributed by atoms with van der Waals surface area (Å²) in [5.41, 5.74) is 0.776. The van der Waals surface area contributed by atoms with E-state index < -0.39 is 0 Å². The molecule has 1 fully saturated rings. The molecule has 76 valence electrons. The first-order valence-electron chi connectivity index (χ1n) is 4.90. The molecule has 1 N–H and O–H groups in total. The fourth-order valence-corrected chi connectivity index (χ4v) is 1.97. The van der Waals surface area contributed by atoms with E-state index in [0.717, 1.165) is 21.6 Å². The van der Waals surface area contributed by atoms with Crippen LogP contribution in [0.5, 0.6) is 0 Å². The van der Waals surface area contributed by atoms with E-state index in [2.05, 4.69) is 27.9 Å². The lowest BCUT2D eigenvalue weighted by molar-refractivity contribution is 0.577. The van der Waals surface area contributed by atoms with Gasteiger partial charge in [0.1, 0.15) is 5.82 Å². The van der Waals surface area contributed by atoms with E-state index in [1.54, 1.807) is 6.07 Å². The van der Waals surface area contributed by atoms with E-state index in [0.29, 0.717) is 6.54 Å². The van der Waals surface area contributed by atoms with Crippen molar-refractivity contribution in [3.63, 3.8) is 0 Å². The molecular formula is C11H13FIN. The van der Waals surface area contributed by atoms with Gasteiger partial charge in [-0.2, -0.15) is 0 Å². The molecule has 1 nitrogen and oxygen atoms in total. The van der Waals surface area contributed by atoms with Crippen molar-refractivity contribution in [2.45, 2.75) is 19.4 Å². The molecule has 3 heteroatoms. The third kappa shape index (κ3) is 2.92. The Morgan fingerprint density at radius 2 is 2.21 bits per heavy atom. The fourth-order valence-electron chi connectivity index (χ4n) is 1.41. The maximum absolute atomic E-state index is 13.3. The van der Waals surface area contributed by atoms with Gasteiger partial charge in [-0.1, -0.05) is 0 Å². The topological polar surface area (TPSA) is 12.0 Å². The highest BCUT2D eigenvalue weighted by Crippen LogP contribution is 2.27. The summed E-state index contributed by atoms with van der Waals surface area (Å²) in [7, 11) is 0. The molecular weight excluding hydrogens is 292 g/mol. The minimum Gasteiger partial charge on any atom is -0.312 e. The monoisotopic (exact) mass is 305 g/mol. The standard InChI is InChI=1S/C11H13FIN/c12-11-4-3-10(13)5-9(11)7-14-6-8-1-2-8/h3-5,8,14H,1-2,6-7H2. The Hall–Kier alpha value is -0.160. The van der Waals surface area contributed by atoms with Gasteiger partial charge in [0.2, 0.25) is 0 Å². The summed E-state index contributed by atoms with van der Waals surface area (Å²) in [6, 6.07) is 5.23. The van der Waals surface area contributed by atoms with Crippen LogP contribution in [0.2, 0.25) is 0 Å². The fraction of sp³-hybridized carbons (Fsp3) is 0.455. The van der Waals surface area contributed by atoms with Crippen LogP contribution in [0.1, 0.15) is 18.4 Å². The lowest BCUT2D eigenvalue weighted by Crippen LogP contribution is -2.17. The van der Waals surface area contributed by atoms with Crippen molar-refractivity contribution in [1.82, 2.24) is 5.32 Å². The molecule has 0 aromatic heterocycles. The van der Waals surface area contributed by atoms with Gasteiger partial charge in [-0.25, -0.2) is 4.39 Å². The highest BCUT2D eigenvalue weighted by atomic mass is 127. The number of nitrogens with one attached hydrogen (secondary N) is 1. The summed E-state index contributed by atoms with van der Waals surface area (Å²) in [4.78, 5) is 0. The predicted octanol–water partition coefficient (Wildman–Crippen LogP) is 2.93. The van der Waals surface area contributed by atoms with Gasteiger partial charge in [-0.15, -0.1) is 0 Å². The van der Waals surface area contributed by atoms with Crippen LogP contribution in [0.4, 0.5) is 4.39 Å². The van der Waals surface area contributed by atoms with Crippen LogP contribution < -0.4 is 5.32 Å². The molecule has 0 saturated heterocycles. The molecule has 0 atom stereocenters. The summed E-state index contributed by atoms with van der Waals surface area (Å²) in [5.74, 6) is 0.745. The Bertz CT molecular complexity index is 323. The maximum Gasteiger partial charge on any atom is 0.127 e. The van der Waals surface area contributed by atoms with Crippen molar-refractivity contribution in [2.75, 3.05) is 6.54 Å². The van der Waals surface area contributed by atoms with Gasteiger partial charge in [0.15, 0.2) is 0 Å². The lowest BCUT2D eigenvalue weighted by atomic mass is 10.2. The molecule has 1 saturated carbocycles. The number of rotatable bonds is 4. The van der Waals surface area contributed by atoms with Crippen molar-refractivity contribution in [1.29, 1.82) is 0 Å². The van der Waals surface area contributed by atoms with Crippen LogP contribution >= 0.6 is 22.6 Å². The average molecular weight is 305 g/mol. The molecule has 1 aliphatic carbocycles. The van der Waals surface area contributed by atoms with Gasteiger partial charge in [-0.3, -0.25) is 0 Å². The molecule has 1 aliphatic rings. The summed E-state index contributed by atoms with van der Waals surface area (Å²) >= 11 is 2.21. The Morgan fingerprint density at radius 3 is 2.93 bits per heavy atom. The minimum absolute atomic E-state index is 0.103. The quantitative estimate of drug-likeness (QED) is 0.844. The molecule has 0 heterocycles. The molecule has 1 aromatic rings. The van der Waals surface area contributed by atoms with Gasteiger partial charge in [0, 0.05) is 15.7 Å². The first-order chi connectivity index (χ1) is 6.75. The Balaban J connectivity index is 1.89. The van der Waals surface area contributed by atoms with E-state index in [9.17, 15) is 4.39 Å². The Labute approximate surface area is 97.2 Å². The molecule has 2 rings (SSSR count). The van der Waals surface area contributed by atoms with Crippen molar-refractivity contribution in [3.8, 4) is 0 Å². The second-order valence-corrected chi connectivity index (χ2v) is 5.06. The van der Waals surface area contributed by atoms with E-state index in [1.165, 1.54) is 18.9 Å². The van der Waals surface area contributed by atoms with Crippen molar-refractivity contribution in [3.05, 3.63) is 33.1 Å². The molecule has 0 bridgehead atoms. The van der Waals surface area contributed by atoms with Crippen LogP contribution in [-0.2, 0) is 6.54 Å². The van der Waals surface area contributed by atoms with Crippen LogP contribution in [-0.4, -0.2) is 6.54 Å². The zero-order chi connectivity index (χ0) is 9.97. The number of halogens is 2. The van der Waals surface area contributed by atoms with Crippen LogP contribution in [0.3, 0.4) is 0 Å². The van der Waals surface area contributed by atoms with Crippen molar-refractivity contribution < 1.29 is 4.39 Å². The van der Waals surface area contributed by atoms with E-state index in [1.807, 2.05) is 6.07 Å². The molecule has 0 amide bonds. The summed E-state index contributed by atoms with van der Waals surface area (Å²) in [6.45, 7) is 1.68. The molecule has 0 unspecified atom stereocenters. The van der Waals surface area contributed by atoms with E-state index in [4.69, 9.17) is 0 Å². The van der Waals surface area contributed by atoms with Crippen molar-refractivity contribution >= 4 is 22.6 Å². The smallest absolute Gasteiger partial charge is 0.127 e. The largest absolute Gasteiger partial charge is 0.312 e. The van der Waals surface area contributed by atoms with Gasteiger partial charge in [0.25, 0.3) is 0 Å². The molecule has 14 heavy (non-hydrogen) atoms. The van der Waals surface area contributed by atoms with E-state index >= 15 is 0 Å². The van der Waals surface area contributed by atoms with Gasteiger partial charge >= 0.3 is 0 Å².